The summed E-state index contributed by atoms with van der Waals surface area (Å²) in [4.78, 5) is 1.36. The van der Waals surface area contributed by atoms with Gasteiger partial charge in [-0.05, 0) is 6.07 Å². The van der Waals surface area contributed by atoms with Gasteiger partial charge >= 0.3 is 12.4 Å². The lowest BCUT2D eigenvalue weighted by molar-refractivity contribution is -0.149. The quantitative estimate of drug-likeness (QED) is 0.841. The van der Waals surface area contributed by atoms with E-state index >= 15 is 0 Å². The first-order valence-corrected chi connectivity index (χ1v) is 6.97. The molecule has 1 saturated heterocycles. The van der Waals surface area contributed by atoms with E-state index in [1.165, 1.54) is 4.90 Å². The van der Waals surface area contributed by atoms with Crippen LogP contribution in [-0.4, -0.2) is 37.3 Å². The van der Waals surface area contributed by atoms with Crippen molar-refractivity contribution in [3.63, 3.8) is 0 Å². The SMILES string of the molecule is Fc1c([C@H](CC(F)(F)F)N2CCNCC2)cccc1C(F)(F)F. The normalized spacial score (nSPS) is 18.9. The molecule has 1 aromatic carbocycles. The Kier molecular flexibility index (Phi) is 5.20. The molecule has 0 aliphatic carbocycles. The third-order valence-corrected chi connectivity index (χ3v) is 3.71. The molecule has 2 nitrogen and oxygen atoms in total. The van der Waals surface area contributed by atoms with Gasteiger partial charge in [-0.25, -0.2) is 4.39 Å². The molecule has 0 spiro atoms. The molecule has 0 saturated carbocycles. The van der Waals surface area contributed by atoms with Gasteiger partial charge in [0.15, 0.2) is 0 Å². The fourth-order valence-electron chi connectivity index (χ4n) is 2.67. The fourth-order valence-corrected chi connectivity index (χ4v) is 2.67. The molecule has 0 unspecified atom stereocenters. The van der Waals surface area contributed by atoms with E-state index in [9.17, 15) is 30.7 Å². The summed E-state index contributed by atoms with van der Waals surface area (Å²) in [6, 6.07) is 0.983. The Morgan fingerprint density at radius 3 is 2.17 bits per heavy atom. The molecule has 1 N–H and O–H groups in total. The van der Waals surface area contributed by atoms with Crippen molar-refractivity contribution in [3.05, 3.63) is 35.1 Å². The highest BCUT2D eigenvalue weighted by Crippen LogP contribution is 2.39. The second kappa shape index (κ2) is 6.64. The van der Waals surface area contributed by atoms with Gasteiger partial charge in [-0.15, -0.1) is 0 Å². The van der Waals surface area contributed by atoms with Gasteiger partial charge in [-0.1, -0.05) is 12.1 Å². The second-order valence-electron chi connectivity index (χ2n) is 5.33. The van der Waals surface area contributed by atoms with Gasteiger partial charge in [0.05, 0.1) is 12.0 Å². The summed E-state index contributed by atoms with van der Waals surface area (Å²) < 4.78 is 91.1. The van der Waals surface area contributed by atoms with Crippen LogP contribution in [0.5, 0.6) is 0 Å². The van der Waals surface area contributed by atoms with Crippen LogP contribution in [0.25, 0.3) is 0 Å². The molecule has 0 amide bonds. The van der Waals surface area contributed by atoms with Crippen LogP contribution >= 0.6 is 0 Å². The van der Waals surface area contributed by atoms with Gasteiger partial charge in [0.1, 0.15) is 5.82 Å². The number of nitrogens with one attached hydrogen (secondary N) is 1. The molecule has 130 valence electrons. The number of halogens is 7. The molecule has 0 aromatic heterocycles. The lowest BCUT2D eigenvalue weighted by Gasteiger charge is -2.36. The predicted molar refractivity (Wildman–Crippen MR) is 69.3 cm³/mol. The predicted octanol–water partition coefficient (Wildman–Crippen LogP) is 3.74. The summed E-state index contributed by atoms with van der Waals surface area (Å²) in [7, 11) is 0. The Labute approximate surface area is 128 Å². The summed E-state index contributed by atoms with van der Waals surface area (Å²) in [6.07, 6.45) is -11.0. The van der Waals surface area contributed by atoms with Crippen LogP contribution in [0.1, 0.15) is 23.6 Å². The minimum Gasteiger partial charge on any atom is -0.314 e. The Hall–Kier alpha value is -1.35. The summed E-state index contributed by atoms with van der Waals surface area (Å²) in [5, 5.41) is 2.94. The van der Waals surface area contributed by atoms with Gasteiger partial charge < -0.3 is 5.32 Å². The lowest BCUT2D eigenvalue weighted by Crippen LogP contribution is -2.46. The number of hydrogen-bond donors (Lipinski definition) is 1. The van der Waals surface area contributed by atoms with E-state index in [4.69, 9.17) is 0 Å². The monoisotopic (exact) mass is 344 g/mol. The van der Waals surface area contributed by atoms with Crippen LogP contribution in [-0.2, 0) is 6.18 Å². The van der Waals surface area contributed by atoms with Crippen molar-refractivity contribution in [2.75, 3.05) is 26.2 Å². The average Bonchev–Trinajstić information content (AvgIpc) is 2.44. The standard InChI is InChI=1S/C14H15F7N2/c15-12-9(2-1-3-10(12)14(19,20)21)11(8-13(16,17)18)23-6-4-22-5-7-23/h1-3,11,22H,4-8H2/t11-/m0/s1. The molecule has 0 radical (unpaired) electrons. The van der Waals surface area contributed by atoms with Crippen molar-refractivity contribution in [2.24, 2.45) is 0 Å². The topological polar surface area (TPSA) is 15.3 Å². The largest absolute Gasteiger partial charge is 0.419 e. The van der Waals surface area contributed by atoms with E-state index in [1.54, 1.807) is 0 Å². The molecule has 0 bridgehead atoms. The maximum atomic E-state index is 14.2. The first kappa shape index (κ1) is 18.0. The average molecular weight is 344 g/mol. The minimum atomic E-state index is -4.95. The maximum absolute atomic E-state index is 14.2. The molecule has 9 heteroatoms. The van der Waals surface area contributed by atoms with Crippen molar-refractivity contribution >= 4 is 0 Å². The highest BCUT2D eigenvalue weighted by atomic mass is 19.4. The van der Waals surface area contributed by atoms with E-state index in [0.717, 1.165) is 12.1 Å². The number of rotatable bonds is 3. The number of nitrogens with zero attached hydrogens (tertiary/aromatic N) is 1. The molecule has 1 heterocycles. The minimum absolute atomic E-state index is 0.205. The van der Waals surface area contributed by atoms with Gasteiger partial charge in [0.25, 0.3) is 0 Å². The smallest absolute Gasteiger partial charge is 0.314 e. The van der Waals surface area contributed by atoms with Gasteiger partial charge in [0.2, 0.25) is 0 Å². The number of alkyl halides is 6. The number of benzene rings is 1. The van der Waals surface area contributed by atoms with Crippen molar-refractivity contribution < 1.29 is 30.7 Å². The second-order valence-corrected chi connectivity index (χ2v) is 5.33. The summed E-state index contributed by atoms with van der Waals surface area (Å²) >= 11 is 0. The Balaban J connectivity index is 2.42. The highest BCUT2D eigenvalue weighted by molar-refractivity contribution is 5.30. The Morgan fingerprint density at radius 2 is 1.65 bits per heavy atom. The first-order chi connectivity index (χ1) is 10.6. The van der Waals surface area contributed by atoms with Crippen LogP contribution in [0.4, 0.5) is 30.7 Å². The molecular weight excluding hydrogens is 329 g/mol. The van der Waals surface area contributed by atoms with Crippen LogP contribution in [0.15, 0.2) is 18.2 Å². The molecule has 1 aliphatic rings. The van der Waals surface area contributed by atoms with Crippen LogP contribution < -0.4 is 5.32 Å². The van der Waals surface area contributed by atoms with Gasteiger partial charge in [-0.3, -0.25) is 4.90 Å². The number of hydrogen-bond acceptors (Lipinski definition) is 2. The molecule has 2 rings (SSSR count). The summed E-state index contributed by atoms with van der Waals surface area (Å²) in [5.74, 6) is -1.63. The lowest BCUT2D eigenvalue weighted by atomic mass is 9.97. The third-order valence-electron chi connectivity index (χ3n) is 3.71. The summed E-state index contributed by atoms with van der Waals surface area (Å²) in [6.45, 7) is 1.21. The third kappa shape index (κ3) is 4.57. The zero-order valence-electron chi connectivity index (χ0n) is 11.9. The maximum Gasteiger partial charge on any atom is 0.419 e. The highest BCUT2D eigenvalue weighted by Gasteiger charge is 2.40. The molecule has 1 atom stereocenters. The first-order valence-electron chi connectivity index (χ1n) is 6.97. The zero-order chi connectivity index (χ0) is 17.3. The van der Waals surface area contributed by atoms with Gasteiger partial charge in [0, 0.05) is 37.8 Å². The van der Waals surface area contributed by atoms with Crippen LogP contribution in [0.3, 0.4) is 0 Å². The molecular formula is C14H15F7N2. The number of piperazine rings is 1. The van der Waals surface area contributed by atoms with E-state index < -0.39 is 41.8 Å². The van der Waals surface area contributed by atoms with E-state index in [2.05, 4.69) is 5.32 Å². The molecule has 23 heavy (non-hydrogen) atoms. The van der Waals surface area contributed by atoms with Crippen molar-refractivity contribution in [1.29, 1.82) is 0 Å². The molecule has 1 aliphatic heterocycles. The van der Waals surface area contributed by atoms with Crippen LogP contribution in [0.2, 0.25) is 0 Å². The Morgan fingerprint density at radius 1 is 1.04 bits per heavy atom. The molecule has 1 fully saturated rings. The Bertz CT molecular complexity index is 533. The fraction of sp³-hybridized carbons (Fsp3) is 0.571. The van der Waals surface area contributed by atoms with Crippen molar-refractivity contribution in [2.45, 2.75) is 24.8 Å². The van der Waals surface area contributed by atoms with Crippen molar-refractivity contribution in [1.82, 2.24) is 10.2 Å². The van der Waals surface area contributed by atoms with E-state index in [1.807, 2.05) is 0 Å². The van der Waals surface area contributed by atoms with Crippen LogP contribution in [0, 0.1) is 5.82 Å². The van der Waals surface area contributed by atoms with Gasteiger partial charge in [-0.2, -0.15) is 26.3 Å². The zero-order valence-corrected chi connectivity index (χ0v) is 11.9. The summed E-state index contributed by atoms with van der Waals surface area (Å²) in [5.41, 5.74) is -2.11. The van der Waals surface area contributed by atoms with E-state index in [-0.39, 0.29) is 13.1 Å². The molecule has 1 aromatic rings. The van der Waals surface area contributed by atoms with Crippen molar-refractivity contribution in [3.8, 4) is 0 Å². The van der Waals surface area contributed by atoms with E-state index in [0.29, 0.717) is 19.2 Å².